The second kappa shape index (κ2) is 11.7. The van der Waals surface area contributed by atoms with Crippen molar-refractivity contribution in [3.8, 4) is 22.7 Å². The normalized spacial score (nSPS) is 15.5. The summed E-state index contributed by atoms with van der Waals surface area (Å²) in [7, 11) is 0. The zero-order chi connectivity index (χ0) is 32.0. The van der Waals surface area contributed by atoms with E-state index in [2.05, 4.69) is 26.5 Å². The molecule has 4 heterocycles. The van der Waals surface area contributed by atoms with Crippen LogP contribution >= 0.6 is 0 Å². The number of carbonyl (C=O) groups is 1. The van der Waals surface area contributed by atoms with Gasteiger partial charge in [0, 0.05) is 25.7 Å². The maximum atomic E-state index is 16.0. The number of fused-ring (bicyclic) bond motifs is 1. The first-order valence-corrected chi connectivity index (χ1v) is 14.5. The number of pyridine rings is 1. The molecular formula is C32H35F2N7O3. The van der Waals surface area contributed by atoms with Crippen LogP contribution in [-0.2, 0) is 4.79 Å². The number of anilines is 1. The maximum Gasteiger partial charge on any atom is 0.355 e. The Hall–Kier alpha value is -4.74. The summed E-state index contributed by atoms with van der Waals surface area (Å²) in [6.45, 7) is 15.9. The van der Waals surface area contributed by atoms with Gasteiger partial charge in [-0.25, -0.2) is 33.1 Å². The van der Waals surface area contributed by atoms with E-state index in [0.717, 1.165) is 12.1 Å². The van der Waals surface area contributed by atoms with Crippen LogP contribution in [0.15, 0.2) is 41.7 Å². The number of rotatable bonds is 6. The van der Waals surface area contributed by atoms with Crippen LogP contribution in [-0.4, -0.2) is 66.1 Å². The number of carbonyl (C=O) groups excluding carboxylic acids is 1. The Morgan fingerprint density at radius 3 is 2.27 bits per heavy atom. The van der Waals surface area contributed by atoms with Gasteiger partial charge < -0.3 is 14.9 Å². The molecule has 0 saturated carbocycles. The molecule has 0 spiro atoms. The number of aryl methyl sites for hydroxylation is 1. The largest absolute Gasteiger partial charge is 0.507 e. The third-order valence-electron chi connectivity index (χ3n) is 7.78. The number of benzene rings is 1. The van der Waals surface area contributed by atoms with Gasteiger partial charge in [-0.1, -0.05) is 40.3 Å². The van der Waals surface area contributed by atoms with Crippen molar-refractivity contribution in [1.82, 2.24) is 29.4 Å². The van der Waals surface area contributed by atoms with Gasteiger partial charge in [0.2, 0.25) is 5.91 Å². The van der Waals surface area contributed by atoms with Crippen LogP contribution in [0.4, 0.5) is 14.6 Å². The van der Waals surface area contributed by atoms with Gasteiger partial charge >= 0.3 is 5.69 Å². The Labute approximate surface area is 253 Å². The Bertz CT molecular complexity index is 1810. The lowest BCUT2D eigenvalue weighted by Crippen LogP contribution is -2.54. The van der Waals surface area contributed by atoms with Gasteiger partial charge in [-0.05, 0) is 50.0 Å². The van der Waals surface area contributed by atoms with Crippen molar-refractivity contribution in [3.05, 3.63) is 76.3 Å². The molecule has 0 radical (unpaired) electrons. The predicted octanol–water partition coefficient (Wildman–Crippen LogP) is 5.00. The van der Waals surface area contributed by atoms with Crippen molar-refractivity contribution in [2.45, 2.75) is 59.4 Å². The second-order valence-electron chi connectivity index (χ2n) is 11.6. The van der Waals surface area contributed by atoms with E-state index < -0.39 is 34.3 Å². The minimum atomic E-state index is -0.910. The van der Waals surface area contributed by atoms with E-state index in [1.165, 1.54) is 22.8 Å². The van der Waals surface area contributed by atoms with E-state index in [1.54, 1.807) is 11.8 Å². The summed E-state index contributed by atoms with van der Waals surface area (Å²) in [6, 6.07) is 4.50. The molecule has 4 aromatic rings. The summed E-state index contributed by atoms with van der Waals surface area (Å²) >= 11 is 0. The first-order valence-electron chi connectivity index (χ1n) is 14.5. The molecule has 0 unspecified atom stereocenters. The molecule has 0 bridgehead atoms. The van der Waals surface area contributed by atoms with Gasteiger partial charge in [0.15, 0.2) is 11.5 Å². The Balaban J connectivity index is 1.88. The molecule has 1 amide bonds. The number of hydrogen-bond acceptors (Lipinski definition) is 8. The zero-order valence-electron chi connectivity index (χ0n) is 25.6. The number of piperazine rings is 1. The molecule has 1 aliphatic rings. The number of phenolic OH excluding ortho intramolecular Hbond substituents is 1. The average Bonchev–Trinajstić information content (AvgIpc) is 2.96. The zero-order valence-corrected chi connectivity index (χ0v) is 25.6. The number of aromatic nitrogens is 5. The van der Waals surface area contributed by atoms with Crippen LogP contribution in [0.3, 0.4) is 0 Å². The van der Waals surface area contributed by atoms with Crippen molar-refractivity contribution in [1.29, 1.82) is 0 Å². The van der Waals surface area contributed by atoms with Gasteiger partial charge in [-0.15, -0.1) is 0 Å². The van der Waals surface area contributed by atoms with Crippen LogP contribution in [0.2, 0.25) is 0 Å². The van der Waals surface area contributed by atoms with Gasteiger partial charge in [0.1, 0.15) is 28.9 Å². The van der Waals surface area contributed by atoms with E-state index >= 15 is 8.78 Å². The number of phenols is 1. The molecule has 3 aromatic heterocycles. The lowest BCUT2D eigenvalue weighted by molar-refractivity contribution is -0.126. The summed E-state index contributed by atoms with van der Waals surface area (Å²) < 4.78 is 32.3. The summed E-state index contributed by atoms with van der Waals surface area (Å²) in [5, 5.41) is 10.7. The third kappa shape index (κ3) is 5.29. The molecule has 230 valence electrons. The quantitative estimate of drug-likeness (QED) is 0.306. The van der Waals surface area contributed by atoms with E-state index in [-0.39, 0.29) is 40.6 Å². The fraction of sp³-hybridized carbons (Fsp3) is 0.375. The first kappa shape index (κ1) is 30.7. The molecule has 1 fully saturated rings. The third-order valence-corrected chi connectivity index (χ3v) is 7.78. The minimum Gasteiger partial charge on any atom is -0.507 e. The summed E-state index contributed by atoms with van der Waals surface area (Å²) in [6.07, 6.45) is 1.25. The SMILES string of the molecule is C=CC(=O)N1CCN(c2nc(=O)n(-c3c(C(C)C)nc(C)nc3C(C)C)c3nc(-c4c(O)cccc4F)c(F)cc23)[C@@H](C)C1. The van der Waals surface area contributed by atoms with Crippen LogP contribution in [0, 0.1) is 18.6 Å². The highest BCUT2D eigenvalue weighted by Gasteiger charge is 2.32. The van der Waals surface area contributed by atoms with E-state index in [4.69, 9.17) is 0 Å². The average molecular weight is 604 g/mol. The van der Waals surface area contributed by atoms with Crippen LogP contribution in [0.5, 0.6) is 5.75 Å². The van der Waals surface area contributed by atoms with Crippen LogP contribution in [0.1, 0.15) is 63.7 Å². The molecule has 5 rings (SSSR count). The Kier molecular flexibility index (Phi) is 8.19. The molecule has 10 nitrogen and oxygen atoms in total. The molecule has 1 saturated heterocycles. The van der Waals surface area contributed by atoms with Gasteiger partial charge in [0.05, 0.1) is 28.0 Å². The van der Waals surface area contributed by atoms with E-state index in [9.17, 15) is 14.7 Å². The molecule has 1 aliphatic heterocycles. The molecule has 44 heavy (non-hydrogen) atoms. The number of halogens is 2. The maximum absolute atomic E-state index is 16.0. The molecule has 1 N–H and O–H groups in total. The number of nitrogens with zero attached hydrogens (tertiary/aromatic N) is 7. The van der Waals surface area contributed by atoms with Crippen molar-refractivity contribution in [2.75, 3.05) is 24.5 Å². The molecule has 12 heteroatoms. The molecule has 0 aliphatic carbocycles. The highest BCUT2D eigenvalue weighted by atomic mass is 19.1. The first-order chi connectivity index (χ1) is 20.8. The molecule has 1 aromatic carbocycles. The Morgan fingerprint density at radius 1 is 1.05 bits per heavy atom. The smallest absolute Gasteiger partial charge is 0.355 e. The fourth-order valence-corrected chi connectivity index (χ4v) is 5.70. The minimum absolute atomic E-state index is 0.00658. The summed E-state index contributed by atoms with van der Waals surface area (Å²) in [5.74, 6) is -2.07. The van der Waals surface area contributed by atoms with Gasteiger partial charge in [-0.3, -0.25) is 4.79 Å². The molecular weight excluding hydrogens is 568 g/mol. The number of aromatic hydroxyl groups is 1. The van der Waals surface area contributed by atoms with Crippen LogP contribution < -0.4 is 10.6 Å². The highest BCUT2D eigenvalue weighted by molar-refractivity contribution is 5.91. The fourth-order valence-electron chi connectivity index (χ4n) is 5.70. The highest BCUT2D eigenvalue weighted by Crippen LogP contribution is 2.37. The molecule has 1 atom stereocenters. The van der Waals surface area contributed by atoms with E-state index in [1.807, 2.05) is 39.5 Å². The van der Waals surface area contributed by atoms with Crippen molar-refractivity contribution in [2.24, 2.45) is 0 Å². The summed E-state index contributed by atoms with van der Waals surface area (Å²) in [5.41, 5.74) is -0.0566. The Morgan fingerprint density at radius 2 is 1.70 bits per heavy atom. The van der Waals surface area contributed by atoms with Crippen molar-refractivity contribution in [3.63, 3.8) is 0 Å². The lowest BCUT2D eigenvalue weighted by Gasteiger charge is -2.40. The summed E-state index contributed by atoms with van der Waals surface area (Å²) in [4.78, 5) is 48.3. The second-order valence-corrected chi connectivity index (χ2v) is 11.6. The van der Waals surface area contributed by atoms with Crippen molar-refractivity contribution < 1.29 is 18.7 Å². The predicted molar refractivity (Wildman–Crippen MR) is 164 cm³/mol. The standard InChI is InChI=1S/C32H35F2N7O3/c1-8-24(43)39-12-13-40(18(6)15-39)30-20-14-22(34)28(25-21(33)10-9-11-23(25)42)37-31(20)41(32(44)38-30)29-26(16(2)3)35-19(7)36-27(29)17(4)5/h8-11,14,16-18,42H,1,12-13,15H2,2-7H3/t18-/m0/s1. The lowest BCUT2D eigenvalue weighted by atomic mass is 10.0. The van der Waals surface area contributed by atoms with Crippen molar-refractivity contribution >= 4 is 22.8 Å². The van der Waals surface area contributed by atoms with E-state index in [0.29, 0.717) is 42.5 Å². The van der Waals surface area contributed by atoms with Crippen LogP contribution in [0.25, 0.3) is 28.0 Å². The monoisotopic (exact) mass is 603 g/mol. The number of hydrogen-bond donors (Lipinski definition) is 1. The number of amides is 1. The van der Waals surface area contributed by atoms with Gasteiger partial charge in [-0.2, -0.15) is 4.98 Å². The van der Waals surface area contributed by atoms with Gasteiger partial charge in [0.25, 0.3) is 0 Å². The topological polar surface area (TPSA) is 117 Å².